The molecule has 18 heavy (non-hydrogen) atoms. The largest absolute Gasteiger partial charge is 0.399 e. The van der Waals surface area contributed by atoms with E-state index in [1.165, 1.54) is 18.2 Å². The summed E-state index contributed by atoms with van der Waals surface area (Å²) in [7, 11) is 0. The lowest BCUT2D eigenvalue weighted by molar-refractivity contribution is 0.103. The maximum absolute atomic E-state index is 13.7. The summed E-state index contributed by atoms with van der Waals surface area (Å²) >= 11 is 3.27. The molecular weight excluding hydrogens is 297 g/mol. The molecule has 0 bridgehead atoms. The van der Waals surface area contributed by atoms with Gasteiger partial charge in [-0.15, -0.1) is 0 Å². The van der Waals surface area contributed by atoms with E-state index in [0.717, 1.165) is 5.56 Å². The van der Waals surface area contributed by atoms with Crippen LogP contribution in [0.2, 0.25) is 0 Å². The van der Waals surface area contributed by atoms with Crippen molar-refractivity contribution in [3.8, 4) is 0 Å². The molecule has 0 aromatic heterocycles. The first-order valence-electron chi connectivity index (χ1n) is 5.35. The van der Waals surface area contributed by atoms with Crippen molar-refractivity contribution in [2.24, 2.45) is 0 Å². The zero-order valence-electron chi connectivity index (χ0n) is 9.71. The average molecular weight is 308 g/mol. The van der Waals surface area contributed by atoms with Crippen LogP contribution in [-0.2, 0) is 0 Å². The summed E-state index contributed by atoms with van der Waals surface area (Å²) < 4.78 is 14.3. The molecular formula is C14H11BrFNO. The van der Waals surface area contributed by atoms with E-state index in [1.807, 2.05) is 6.92 Å². The molecule has 0 unspecified atom stereocenters. The molecule has 0 spiro atoms. The molecule has 2 N–H and O–H groups in total. The second kappa shape index (κ2) is 4.90. The van der Waals surface area contributed by atoms with Crippen LogP contribution in [-0.4, -0.2) is 5.78 Å². The SMILES string of the molecule is Cc1ccc(F)c(C(=O)c2cc(N)ccc2Br)c1. The molecule has 0 amide bonds. The number of hydrogen-bond donors (Lipinski definition) is 1. The van der Waals surface area contributed by atoms with Crippen LogP contribution < -0.4 is 5.73 Å². The minimum absolute atomic E-state index is 0.0568. The predicted molar refractivity (Wildman–Crippen MR) is 73.1 cm³/mol. The number of nitrogens with two attached hydrogens (primary N) is 1. The molecule has 0 radical (unpaired) electrons. The van der Waals surface area contributed by atoms with Gasteiger partial charge in [-0.3, -0.25) is 4.79 Å². The fourth-order valence-corrected chi connectivity index (χ4v) is 2.10. The number of nitrogen functional groups attached to an aromatic ring is 1. The summed E-state index contributed by atoms with van der Waals surface area (Å²) in [6.07, 6.45) is 0. The van der Waals surface area contributed by atoms with Crippen molar-refractivity contribution in [2.75, 3.05) is 5.73 Å². The minimum Gasteiger partial charge on any atom is -0.399 e. The van der Waals surface area contributed by atoms with Gasteiger partial charge < -0.3 is 5.73 Å². The highest BCUT2D eigenvalue weighted by Gasteiger charge is 2.16. The summed E-state index contributed by atoms with van der Waals surface area (Å²) in [6, 6.07) is 9.34. The molecule has 0 saturated carbocycles. The van der Waals surface area contributed by atoms with E-state index in [-0.39, 0.29) is 11.3 Å². The van der Waals surface area contributed by atoms with Crippen LogP contribution in [0.25, 0.3) is 0 Å². The highest BCUT2D eigenvalue weighted by Crippen LogP contribution is 2.24. The topological polar surface area (TPSA) is 43.1 Å². The Morgan fingerprint density at radius 1 is 1.17 bits per heavy atom. The van der Waals surface area contributed by atoms with E-state index in [2.05, 4.69) is 15.9 Å². The molecule has 0 aliphatic heterocycles. The number of aryl methyl sites for hydroxylation is 1. The zero-order chi connectivity index (χ0) is 13.3. The number of halogens is 2. The normalized spacial score (nSPS) is 10.4. The van der Waals surface area contributed by atoms with Crippen LogP contribution in [0.1, 0.15) is 21.5 Å². The van der Waals surface area contributed by atoms with Crippen molar-refractivity contribution < 1.29 is 9.18 Å². The lowest BCUT2D eigenvalue weighted by atomic mass is 10.0. The summed E-state index contributed by atoms with van der Waals surface area (Å²) in [5.41, 5.74) is 7.36. The second-order valence-electron chi connectivity index (χ2n) is 4.05. The number of ketones is 1. The molecule has 0 fully saturated rings. The molecule has 0 saturated heterocycles. The van der Waals surface area contributed by atoms with Crippen molar-refractivity contribution in [2.45, 2.75) is 6.92 Å². The first-order chi connectivity index (χ1) is 8.49. The van der Waals surface area contributed by atoms with Crippen LogP contribution in [0.15, 0.2) is 40.9 Å². The Morgan fingerprint density at radius 2 is 1.89 bits per heavy atom. The molecule has 2 aromatic carbocycles. The number of rotatable bonds is 2. The van der Waals surface area contributed by atoms with Crippen molar-refractivity contribution in [3.63, 3.8) is 0 Å². The number of hydrogen-bond acceptors (Lipinski definition) is 2. The van der Waals surface area contributed by atoms with Gasteiger partial charge in [0, 0.05) is 15.7 Å². The van der Waals surface area contributed by atoms with Crippen molar-refractivity contribution >= 4 is 27.4 Å². The van der Waals surface area contributed by atoms with E-state index < -0.39 is 5.82 Å². The van der Waals surface area contributed by atoms with Crippen molar-refractivity contribution in [3.05, 3.63) is 63.4 Å². The zero-order valence-corrected chi connectivity index (χ0v) is 11.3. The maximum Gasteiger partial charge on any atom is 0.197 e. The predicted octanol–water partition coefficient (Wildman–Crippen LogP) is 3.71. The van der Waals surface area contributed by atoms with Gasteiger partial charge in [0.25, 0.3) is 0 Å². The average Bonchev–Trinajstić information content (AvgIpc) is 2.34. The van der Waals surface area contributed by atoms with Gasteiger partial charge in [-0.25, -0.2) is 4.39 Å². The van der Waals surface area contributed by atoms with Gasteiger partial charge in [0.15, 0.2) is 5.78 Å². The highest BCUT2D eigenvalue weighted by atomic mass is 79.9. The van der Waals surface area contributed by atoms with E-state index in [4.69, 9.17) is 5.73 Å². The van der Waals surface area contributed by atoms with Crippen molar-refractivity contribution in [1.82, 2.24) is 0 Å². The van der Waals surface area contributed by atoms with E-state index >= 15 is 0 Å². The molecule has 2 nitrogen and oxygen atoms in total. The summed E-state index contributed by atoms with van der Waals surface area (Å²) in [5.74, 6) is -0.907. The first-order valence-corrected chi connectivity index (χ1v) is 6.14. The van der Waals surface area contributed by atoms with Gasteiger partial charge in [0.05, 0.1) is 5.56 Å². The minimum atomic E-state index is -0.528. The van der Waals surface area contributed by atoms with Gasteiger partial charge in [0.1, 0.15) is 5.82 Å². The summed E-state index contributed by atoms with van der Waals surface area (Å²) in [6.45, 7) is 1.81. The number of benzene rings is 2. The molecule has 0 aliphatic carbocycles. The molecule has 2 aromatic rings. The van der Waals surface area contributed by atoms with Crippen LogP contribution in [0.3, 0.4) is 0 Å². The third kappa shape index (κ3) is 2.43. The van der Waals surface area contributed by atoms with Crippen LogP contribution in [0.5, 0.6) is 0 Å². The molecule has 2 rings (SSSR count). The van der Waals surface area contributed by atoms with E-state index in [9.17, 15) is 9.18 Å². The lowest BCUT2D eigenvalue weighted by Crippen LogP contribution is -2.06. The number of carbonyl (C=O) groups is 1. The fourth-order valence-electron chi connectivity index (χ4n) is 1.68. The molecule has 0 atom stereocenters. The third-order valence-corrected chi connectivity index (χ3v) is 3.29. The summed E-state index contributed by atoms with van der Waals surface area (Å²) in [4.78, 5) is 12.3. The number of anilines is 1. The summed E-state index contributed by atoms with van der Waals surface area (Å²) in [5, 5.41) is 0. The van der Waals surface area contributed by atoms with Gasteiger partial charge in [-0.1, -0.05) is 27.6 Å². The van der Waals surface area contributed by atoms with Gasteiger partial charge in [-0.05, 0) is 37.3 Å². The van der Waals surface area contributed by atoms with E-state index in [0.29, 0.717) is 15.7 Å². The highest BCUT2D eigenvalue weighted by molar-refractivity contribution is 9.10. The van der Waals surface area contributed by atoms with Gasteiger partial charge in [-0.2, -0.15) is 0 Å². The van der Waals surface area contributed by atoms with Crippen LogP contribution in [0.4, 0.5) is 10.1 Å². The van der Waals surface area contributed by atoms with E-state index in [1.54, 1.807) is 18.2 Å². The van der Waals surface area contributed by atoms with Gasteiger partial charge in [0.2, 0.25) is 0 Å². The van der Waals surface area contributed by atoms with Crippen molar-refractivity contribution in [1.29, 1.82) is 0 Å². The standard InChI is InChI=1S/C14H11BrFNO/c1-8-2-5-13(16)11(6-8)14(18)10-7-9(17)3-4-12(10)15/h2-7H,17H2,1H3. The maximum atomic E-state index is 13.7. The molecule has 0 heterocycles. The molecule has 4 heteroatoms. The van der Waals surface area contributed by atoms with Crippen LogP contribution >= 0.6 is 15.9 Å². The van der Waals surface area contributed by atoms with Gasteiger partial charge >= 0.3 is 0 Å². The Labute approximate surface area is 113 Å². The number of carbonyl (C=O) groups excluding carboxylic acids is 1. The first kappa shape index (κ1) is 12.8. The molecule has 92 valence electrons. The fraction of sp³-hybridized carbons (Fsp3) is 0.0714. The Balaban J connectivity index is 2.54. The Morgan fingerprint density at radius 3 is 2.61 bits per heavy atom. The second-order valence-corrected chi connectivity index (χ2v) is 4.91. The third-order valence-electron chi connectivity index (χ3n) is 2.60. The monoisotopic (exact) mass is 307 g/mol. The quantitative estimate of drug-likeness (QED) is 0.679. The van der Waals surface area contributed by atoms with Crippen LogP contribution in [0, 0.1) is 12.7 Å². The Kier molecular flexibility index (Phi) is 3.48. The molecule has 0 aliphatic rings. The smallest absolute Gasteiger partial charge is 0.197 e. The lowest BCUT2D eigenvalue weighted by Gasteiger charge is -2.07. The Hall–Kier alpha value is -1.68. The Bertz CT molecular complexity index is 572.